The molecule has 2 amide bonds. The Morgan fingerprint density at radius 2 is 2.09 bits per heavy atom. The van der Waals surface area contributed by atoms with Crippen molar-refractivity contribution < 1.29 is 14.7 Å². The van der Waals surface area contributed by atoms with Gasteiger partial charge in [0.2, 0.25) is 0 Å². The number of urea groups is 1. The van der Waals surface area contributed by atoms with E-state index >= 15 is 0 Å². The van der Waals surface area contributed by atoms with Crippen molar-refractivity contribution in [1.29, 1.82) is 0 Å². The summed E-state index contributed by atoms with van der Waals surface area (Å²) in [5.74, 6) is -0.866. The summed E-state index contributed by atoms with van der Waals surface area (Å²) in [5, 5.41) is 20.6. The number of nitrogens with one attached hydrogen (secondary N) is 1. The lowest BCUT2D eigenvalue weighted by atomic mass is 9.90. The van der Waals surface area contributed by atoms with Gasteiger partial charge in [-0.05, 0) is 37.6 Å². The first-order chi connectivity index (χ1) is 11.0. The van der Waals surface area contributed by atoms with Crippen LogP contribution in [0.4, 0.5) is 10.5 Å². The van der Waals surface area contributed by atoms with E-state index in [1.54, 1.807) is 24.6 Å². The molecule has 1 saturated heterocycles. The minimum Gasteiger partial charge on any atom is -0.481 e. The third-order valence-electron chi connectivity index (χ3n) is 4.02. The smallest absolute Gasteiger partial charge is 0.321 e. The van der Waals surface area contributed by atoms with Gasteiger partial charge in [0.15, 0.2) is 0 Å². The van der Waals surface area contributed by atoms with Crippen LogP contribution in [0.25, 0.3) is 10.6 Å². The zero-order valence-corrected chi connectivity index (χ0v) is 13.3. The highest BCUT2D eigenvalue weighted by molar-refractivity contribution is 7.12. The molecule has 1 aliphatic heterocycles. The summed E-state index contributed by atoms with van der Waals surface area (Å²) in [6, 6.07) is 7.03. The highest BCUT2D eigenvalue weighted by Gasteiger charge is 2.42. The molecule has 2 N–H and O–H groups in total. The largest absolute Gasteiger partial charge is 0.481 e. The maximum atomic E-state index is 12.2. The van der Waals surface area contributed by atoms with Gasteiger partial charge in [-0.3, -0.25) is 4.79 Å². The summed E-state index contributed by atoms with van der Waals surface area (Å²) in [5.41, 5.74) is 2.40. The first kappa shape index (κ1) is 15.4. The number of amides is 2. The molecule has 8 heteroatoms. The van der Waals surface area contributed by atoms with Gasteiger partial charge in [-0.15, -0.1) is 10.2 Å². The van der Waals surface area contributed by atoms with Gasteiger partial charge in [-0.1, -0.05) is 11.3 Å². The van der Waals surface area contributed by atoms with Crippen LogP contribution < -0.4 is 5.32 Å². The van der Waals surface area contributed by atoms with Crippen LogP contribution in [0.15, 0.2) is 29.8 Å². The monoisotopic (exact) mass is 332 g/mol. The van der Waals surface area contributed by atoms with E-state index in [-0.39, 0.29) is 12.6 Å². The number of benzene rings is 1. The number of carbonyl (C=O) groups excluding carboxylic acids is 1. The lowest BCUT2D eigenvalue weighted by Gasteiger charge is -2.20. The van der Waals surface area contributed by atoms with Crippen molar-refractivity contribution in [3.8, 4) is 10.6 Å². The number of carboxylic acids is 1. The van der Waals surface area contributed by atoms with Crippen molar-refractivity contribution in [3.63, 3.8) is 0 Å². The van der Waals surface area contributed by atoms with Crippen LogP contribution in [0.3, 0.4) is 0 Å². The minimum atomic E-state index is -0.866. The second-order valence-electron chi connectivity index (χ2n) is 5.79. The van der Waals surface area contributed by atoms with Gasteiger partial charge < -0.3 is 15.3 Å². The second-order valence-corrected chi connectivity index (χ2v) is 6.62. The Balaban J connectivity index is 1.64. The summed E-state index contributed by atoms with van der Waals surface area (Å²) >= 11 is 1.45. The number of rotatable bonds is 3. The first-order valence-electron chi connectivity index (χ1n) is 7.14. The predicted octanol–water partition coefficient (Wildman–Crippen LogP) is 2.53. The topological polar surface area (TPSA) is 95.4 Å². The zero-order valence-electron chi connectivity index (χ0n) is 12.5. The minimum absolute atomic E-state index is 0.219. The van der Waals surface area contributed by atoms with Crippen LogP contribution in [0.1, 0.15) is 13.3 Å². The molecule has 1 atom stereocenters. The summed E-state index contributed by atoms with van der Waals surface area (Å²) in [4.78, 5) is 25.0. The van der Waals surface area contributed by atoms with E-state index < -0.39 is 11.4 Å². The standard InChI is InChI=1S/C15H16N4O3S/c1-15(13(20)21)6-7-19(8-15)14(22)17-11-4-2-10(3-5-11)12-18-16-9-23-12/h2-5,9H,6-8H2,1H3,(H,17,22)(H,20,21). The Hall–Kier alpha value is -2.48. The molecular formula is C15H16N4O3S. The number of likely N-dealkylation sites (tertiary alicyclic amines) is 1. The summed E-state index contributed by atoms with van der Waals surface area (Å²) in [7, 11) is 0. The molecule has 2 heterocycles. The third-order valence-corrected chi connectivity index (χ3v) is 4.76. The van der Waals surface area contributed by atoms with Gasteiger partial charge in [-0.2, -0.15) is 0 Å². The fourth-order valence-corrected chi connectivity index (χ4v) is 3.07. The van der Waals surface area contributed by atoms with Crippen molar-refractivity contribution in [3.05, 3.63) is 29.8 Å². The molecule has 0 saturated carbocycles. The molecule has 1 aliphatic rings. The molecule has 0 bridgehead atoms. The number of carbonyl (C=O) groups is 2. The average molecular weight is 332 g/mol. The number of carboxylic acid groups (broad SMARTS) is 1. The van der Waals surface area contributed by atoms with Crippen molar-refractivity contribution >= 4 is 29.0 Å². The zero-order chi connectivity index (χ0) is 16.4. The van der Waals surface area contributed by atoms with Gasteiger partial charge in [-0.25, -0.2) is 4.79 Å². The molecule has 3 rings (SSSR count). The normalized spacial score (nSPS) is 20.5. The molecule has 23 heavy (non-hydrogen) atoms. The van der Waals surface area contributed by atoms with Gasteiger partial charge in [0.25, 0.3) is 0 Å². The Labute approximate surface area is 137 Å². The number of aromatic nitrogens is 2. The van der Waals surface area contributed by atoms with Gasteiger partial charge in [0, 0.05) is 24.3 Å². The maximum absolute atomic E-state index is 12.2. The maximum Gasteiger partial charge on any atom is 0.321 e. The van der Waals surface area contributed by atoms with E-state index in [0.29, 0.717) is 18.7 Å². The van der Waals surface area contributed by atoms with E-state index in [2.05, 4.69) is 15.5 Å². The Bertz CT molecular complexity index is 717. The molecule has 0 aliphatic carbocycles. The van der Waals surface area contributed by atoms with Gasteiger partial charge in [0.05, 0.1) is 5.41 Å². The summed E-state index contributed by atoms with van der Waals surface area (Å²) in [6.07, 6.45) is 0.464. The van der Waals surface area contributed by atoms with E-state index in [9.17, 15) is 14.7 Å². The molecule has 0 radical (unpaired) electrons. The van der Waals surface area contributed by atoms with Crippen molar-refractivity contribution in [2.24, 2.45) is 5.41 Å². The van der Waals surface area contributed by atoms with Gasteiger partial charge >= 0.3 is 12.0 Å². The number of aliphatic carboxylic acids is 1. The van der Waals surface area contributed by atoms with E-state index in [1.165, 1.54) is 16.2 Å². The van der Waals surface area contributed by atoms with Gasteiger partial charge in [0.1, 0.15) is 10.5 Å². The molecule has 7 nitrogen and oxygen atoms in total. The fraction of sp³-hybridized carbons (Fsp3) is 0.333. The van der Waals surface area contributed by atoms with E-state index in [0.717, 1.165) is 10.6 Å². The highest BCUT2D eigenvalue weighted by atomic mass is 32.1. The molecule has 0 spiro atoms. The van der Waals surface area contributed by atoms with E-state index in [1.807, 2.05) is 12.1 Å². The number of anilines is 1. The predicted molar refractivity (Wildman–Crippen MR) is 86.3 cm³/mol. The Morgan fingerprint density at radius 3 is 2.65 bits per heavy atom. The van der Waals surface area contributed by atoms with Crippen molar-refractivity contribution in [1.82, 2.24) is 15.1 Å². The SMILES string of the molecule is CC1(C(=O)O)CCN(C(=O)Nc2ccc(-c3nncs3)cc2)C1. The molecule has 2 aromatic rings. The quantitative estimate of drug-likeness (QED) is 0.900. The Morgan fingerprint density at radius 1 is 1.35 bits per heavy atom. The third kappa shape index (κ3) is 3.16. The second kappa shape index (κ2) is 5.96. The Kier molecular flexibility index (Phi) is 3.99. The molecule has 1 aromatic heterocycles. The molecule has 1 aromatic carbocycles. The number of nitrogens with zero attached hydrogens (tertiary/aromatic N) is 3. The van der Waals surface area contributed by atoms with E-state index in [4.69, 9.17) is 0 Å². The van der Waals surface area contributed by atoms with Crippen LogP contribution in [0, 0.1) is 5.41 Å². The molecule has 1 fully saturated rings. The summed E-state index contributed by atoms with van der Waals surface area (Å²) < 4.78 is 0. The van der Waals surface area contributed by atoms with Crippen LogP contribution in [-0.2, 0) is 4.79 Å². The molecular weight excluding hydrogens is 316 g/mol. The van der Waals surface area contributed by atoms with Crippen molar-refractivity contribution in [2.45, 2.75) is 13.3 Å². The average Bonchev–Trinajstić information content (AvgIpc) is 3.18. The van der Waals surface area contributed by atoms with Crippen LogP contribution in [-0.4, -0.2) is 45.3 Å². The lowest BCUT2D eigenvalue weighted by Crippen LogP contribution is -2.37. The number of hydrogen-bond donors (Lipinski definition) is 2. The fourth-order valence-electron chi connectivity index (χ4n) is 2.51. The van der Waals surface area contributed by atoms with Crippen molar-refractivity contribution in [2.75, 3.05) is 18.4 Å². The van der Waals surface area contributed by atoms with Crippen LogP contribution >= 0.6 is 11.3 Å². The number of hydrogen-bond acceptors (Lipinski definition) is 5. The highest BCUT2D eigenvalue weighted by Crippen LogP contribution is 2.30. The summed E-state index contributed by atoms with van der Waals surface area (Å²) in [6.45, 7) is 2.33. The first-order valence-corrected chi connectivity index (χ1v) is 8.02. The molecule has 1 unspecified atom stereocenters. The lowest BCUT2D eigenvalue weighted by molar-refractivity contribution is -0.146. The molecule has 120 valence electrons. The van der Waals surface area contributed by atoms with Crippen LogP contribution in [0.2, 0.25) is 0 Å². The van der Waals surface area contributed by atoms with Crippen LogP contribution in [0.5, 0.6) is 0 Å².